The summed E-state index contributed by atoms with van der Waals surface area (Å²) >= 11 is 0. The summed E-state index contributed by atoms with van der Waals surface area (Å²) in [4.78, 5) is 19.8. The van der Waals surface area contributed by atoms with E-state index in [1.54, 1.807) is 7.05 Å². The van der Waals surface area contributed by atoms with E-state index < -0.39 is 0 Å². The summed E-state index contributed by atoms with van der Waals surface area (Å²) in [7, 11) is 3.18. The molecule has 134 valence electrons. The molecule has 0 fully saturated rings. The number of amides is 2. The van der Waals surface area contributed by atoms with Crippen LogP contribution in [0.1, 0.15) is 11.1 Å². The van der Waals surface area contributed by atoms with Gasteiger partial charge in [-0.05, 0) is 36.4 Å². The molecule has 3 aromatic rings. The van der Waals surface area contributed by atoms with Crippen LogP contribution in [0.3, 0.4) is 0 Å². The third kappa shape index (κ3) is 4.35. The number of carbonyl (C=O) groups is 1. The molecule has 0 aliphatic heterocycles. The van der Waals surface area contributed by atoms with E-state index >= 15 is 0 Å². The number of anilines is 2. The molecule has 0 radical (unpaired) electrons. The lowest BCUT2D eigenvalue weighted by Gasteiger charge is -2.26. The number of hydroxylamine groups is 1. The van der Waals surface area contributed by atoms with Crippen molar-refractivity contribution in [3.63, 3.8) is 0 Å². The zero-order chi connectivity index (χ0) is 19.1. The fraction of sp³-hybridized carbons (Fsp3) is 0.0870. The molecular weight excluding hydrogens is 336 g/mol. The number of hydrogen-bond acceptors (Lipinski definition) is 2. The Kier molecular flexibility index (Phi) is 5.88. The first kappa shape index (κ1) is 18.2. The number of para-hydroxylation sites is 2. The largest absolute Gasteiger partial charge is 0.352 e. The van der Waals surface area contributed by atoms with E-state index in [2.05, 4.69) is 11.8 Å². The maximum Gasteiger partial charge on any atom is 0.352 e. The standard InChI is InChI=1S/C23H20N2O2/c1-24(23(26)25(27-2)21-14-7-4-8-15-21)22-16-10-9-13-20(22)18-17-19-11-5-3-6-12-19/h3-16H,1-2H3. The number of urea groups is 1. The number of carbonyl (C=O) groups excluding carboxylic acids is 1. The average Bonchev–Trinajstić information content (AvgIpc) is 2.74. The van der Waals surface area contributed by atoms with E-state index in [0.717, 1.165) is 11.1 Å². The van der Waals surface area contributed by atoms with Gasteiger partial charge in [0.15, 0.2) is 0 Å². The monoisotopic (exact) mass is 356 g/mol. The summed E-state index contributed by atoms with van der Waals surface area (Å²) in [5.41, 5.74) is 3.05. The average molecular weight is 356 g/mol. The van der Waals surface area contributed by atoms with Gasteiger partial charge in [-0.1, -0.05) is 60.4 Å². The van der Waals surface area contributed by atoms with E-state index in [-0.39, 0.29) is 6.03 Å². The number of hydrogen-bond donors (Lipinski definition) is 0. The first-order chi connectivity index (χ1) is 13.2. The van der Waals surface area contributed by atoms with Crippen LogP contribution in [-0.4, -0.2) is 20.2 Å². The Morgan fingerprint density at radius 1 is 0.815 bits per heavy atom. The molecule has 0 aromatic heterocycles. The van der Waals surface area contributed by atoms with E-state index in [1.807, 2.05) is 84.9 Å². The fourth-order valence-electron chi connectivity index (χ4n) is 2.63. The maximum absolute atomic E-state index is 13.0. The number of rotatable bonds is 3. The van der Waals surface area contributed by atoms with E-state index in [1.165, 1.54) is 17.1 Å². The topological polar surface area (TPSA) is 32.8 Å². The smallest absolute Gasteiger partial charge is 0.294 e. The molecule has 4 nitrogen and oxygen atoms in total. The summed E-state index contributed by atoms with van der Waals surface area (Å²) in [5, 5.41) is 1.25. The van der Waals surface area contributed by atoms with Crippen LogP contribution < -0.4 is 9.96 Å². The molecule has 0 aliphatic rings. The lowest BCUT2D eigenvalue weighted by Crippen LogP contribution is -2.41. The minimum Gasteiger partial charge on any atom is -0.294 e. The highest BCUT2D eigenvalue weighted by atomic mass is 16.7. The summed E-state index contributed by atoms with van der Waals surface area (Å²) in [6, 6.07) is 26.2. The van der Waals surface area contributed by atoms with Crippen LogP contribution in [0.2, 0.25) is 0 Å². The predicted molar refractivity (Wildman–Crippen MR) is 109 cm³/mol. The summed E-state index contributed by atoms with van der Waals surface area (Å²) in [6.45, 7) is 0. The van der Waals surface area contributed by atoms with Crippen molar-refractivity contribution in [2.45, 2.75) is 0 Å². The summed E-state index contributed by atoms with van der Waals surface area (Å²) in [6.07, 6.45) is 0. The molecule has 0 spiro atoms. The highest BCUT2D eigenvalue weighted by molar-refractivity contribution is 6.02. The summed E-state index contributed by atoms with van der Waals surface area (Å²) in [5.74, 6) is 6.30. The second-order valence-electron chi connectivity index (χ2n) is 5.79. The Morgan fingerprint density at radius 2 is 1.41 bits per heavy atom. The van der Waals surface area contributed by atoms with Gasteiger partial charge in [0.05, 0.1) is 18.5 Å². The number of benzene rings is 3. The van der Waals surface area contributed by atoms with Crippen molar-refractivity contribution < 1.29 is 9.63 Å². The van der Waals surface area contributed by atoms with Crippen molar-refractivity contribution in [1.29, 1.82) is 0 Å². The van der Waals surface area contributed by atoms with Crippen molar-refractivity contribution >= 4 is 17.4 Å². The normalized spacial score (nSPS) is 9.85. The predicted octanol–water partition coefficient (Wildman–Crippen LogP) is 4.71. The fourth-order valence-corrected chi connectivity index (χ4v) is 2.63. The van der Waals surface area contributed by atoms with Gasteiger partial charge >= 0.3 is 6.03 Å². The second kappa shape index (κ2) is 8.70. The van der Waals surface area contributed by atoms with Crippen LogP contribution in [0.15, 0.2) is 84.9 Å². The first-order valence-corrected chi connectivity index (χ1v) is 8.54. The van der Waals surface area contributed by atoms with Gasteiger partial charge in [0, 0.05) is 18.2 Å². The van der Waals surface area contributed by atoms with Gasteiger partial charge < -0.3 is 0 Å². The van der Waals surface area contributed by atoms with Gasteiger partial charge in [-0.15, -0.1) is 0 Å². The van der Waals surface area contributed by atoms with Crippen LogP contribution >= 0.6 is 0 Å². The molecule has 0 heterocycles. The highest BCUT2D eigenvalue weighted by Crippen LogP contribution is 2.22. The van der Waals surface area contributed by atoms with Crippen molar-refractivity contribution in [3.8, 4) is 11.8 Å². The zero-order valence-electron chi connectivity index (χ0n) is 15.3. The van der Waals surface area contributed by atoms with Gasteiger partial charge in [-0.2, -0.15) is 5.06 Å². The van der Waals surface area contributed by atoms with Gasteiger partial charge in [0.25, 0.3) is 0 Å². The SMILES string of the molecule is CON(C(=O)N(C)c1ccccc1C#Cc1ccccc1)c1ccccc1. The lowest BCUT2D eigenvalue weighted by atomic mass is 10.1. The van der Waals surface area contributed by atoms with Crippen molar-refractivity contribution in [1.82, 2.24) is 0 Å². The van der Waals surface area contributed by atoms with Gasteiger partial charge in [-0.25, -0.2) is 4.79 Å². The molecule has 4 heteroatoms. The van der Waals surface area contributed by atoms with Gasteiger partial charge in [0.2, 0.25) is 0 Å². The molecule has 0 N–H and O–H groups in total. The van der Waals surface area contributed by atoms with Crippen LogP contribution in [-0.2, 0) is 4.84 Å². The van der Waals surface area contributed by atoms with Crippen molar-refractivity contribution in [2.24, 2.45) is 0 Å². The highest BCUT2D eigenvalue weighted by Gasteiger charge is 2.22. The molecule has 0 saturated carbocycles. The van der Waals surface area contributed by atoms with Gasteiger partial charge in [-0.3, -0.25) is 9.74 Å². The van der Waals surface area contributed by atoms with Crippen LogP contribution in [0.25, 0.3) is 0 Å². The molecular formula is C23H20N2O2. The molecule has 0 aliphatic carbocycles. The molecule has 0 saturated heterocycles. The minimum atomic E-state index is -0.308. The Morgan fingerprint density at radius 3 is 2.07 bits per heavy atom. The Bertz CT molecular complexity index is 960. The quantitative estimate of drug-likeness (QED) is 0.503. The van der Waals surface area contributed by atoms with Crippen molar-refractivity contribution in [3.05, 3.63) is 96.1 Å². The van der Waals surface area contributed by atoms with E-state index in [4.69, 9.17) is 4.84 Å². The molecule has 3 aromatic carbocycles. The third-order valence-corrected chi connectivity index (χ3v) is 4.01. The third-order valence-electron chi connectivity index (χ3n) is 4.01. The van der Waals surface area contributed by atoms with Crippen molar-refractivity contribution in [2.75, 3.05) is 24.1 Å². The zero-order valence-corrected chi connectivity index (χ0v) is 15.3. The molecule has 0 unspecified atom stereocenters. The minimum absolute atomic E-state index is 0.308. The molecule has 0 atom stereocenters. The Hall–Kier alpha value is -3.55. The van der Waals surface area contributed by atoms with Crippen LogP contribution in [0.4, 0.5) is 16.2 Å². The maximum atomic E-state index is 13.0. The molecule has 2 amide bonds. The van der Waals surface area contributed by atoms with E-state index in [0.29, 0.717) is 11.4 Å². The molecule has 0 bridgehead atoms. The second-order valence-corrected chi connectivity index (χ2v) is 5.79. The van der Waals surface area contributed by atoms with E-state index in [9.17, 15) is 4.79 Å². The lowest BCUT2D eigenvalue weighted by molar-refractivity contribution is 0.167. The molecule has 27 heavy (non-hydrogen) atoms. The molecule has 3 rings (SSSR count). The summed E-state index contributed by atoms with van der Waals surface area (Å²) < 4.78 is 0. The Labute approximate surface area is 159 Å². The van der Waals surface area contributed by atoms with Crippen LogP contribution in [0.5, 0.6) is 0 Å². The number of nitrogens with zero attached hydrogens (tertiary/aromatic N) is 2. The first-order valence-electron chi connectivity index (χ1n) is 8.54. The van der Waals surface area contributed by atoms with Crippen LogP contribution in [0, 0.1) is 11.8 Å². The van der Waals surface area contributed by atoms with Gasteiger partial charge in [0.1, 0.15) is 0 Å². The Balaban J connectivity index is 1.90.